The van der Waals surface area contributed by atoms with Crippen LogP contribution in [0.25, 0.3) is 6.08 Å². The van der Waals surface area contributed by atoms with Crippen LogP contribution >= 0.6 is 11.8 Å². The number of nitrogens with zero attached hydrogens (tertiary/aromatic N) is 6. The number of aromatic nitrogens is 5. The highest BCUT2D eigenvalue weighted by Gasteiger charge is 2.27. The molecule has 1 aliphatic rings. The van der Waals surface area contributed by atoms with Crippen LogP contribution in [-0.4, -0.2) is 30.4 Å². The maximum atomic E-state index is 13.1. The van der Waals surface area contributed by atoms with Gasteiger partial charge in [0.1, 0.15) is 5.71 Å². The lowest BCUT2D eigenvalue weighted by molar-refractivity contribution is 0.135. The van der Waals surface area contributed by atoms with E-state index >= 15 is 0 Å². The Morgan fingerprint density at radius 3 is 2.60 bits per heavy atom. The van der Waals surface area contributed by atoms with E-state index in [1.165, 1.54) is 11.8 Å². The zero-order valence-electron chi connectivity index (χ0n) is 13.0. The number of alkyl halides is 2. The topological polar surface area (TPSA) is 60.9 Å². The van der Waals surface area contributed by atoms with E-state index in [1.807, 2.05) is 55.7 Å². The van der Waals surface area contributed by atoms with Crippen molar-refractivity contribution in [3.8, 4) is 0 Å². The Balaban J connectivity index is 1.86. The second-order valence-corrected chi connectivity index (χ2v) is 6.30. The Labute approximate surface area is 145 Å². The summed E-state index contributed by atoms with van der Waals surface area (Å²) in [5.74, 6) is -0.465. The fourth-order valence-electron chi connectivity index (χ4n) is 2.40. The minimum Gasteiger partial charge on any atom is -0.275 e. The van der Waals surface area contributed by atoms with E-state index in [-0.39, 0.29) is 0 Å². The van der Waals surface area contributed by atoms with Crippen molar-refractivity contribution in [2.45, 2.75) is 11.6 Å². The Hall–Kier alpha value is -2.81. The normalized spacial score (nSPS) is 15.5. The SMILES string of the molecule is Cn1ccc(/C=C2/Sc3nnc(C(F)F)n3N=C2c2ccccc2)n1. The highest BCUT2D eigenvalue weighted by atomic mass is 32.2. The van der Waals surface area contributed by atoms with E-state index in [2.05, 4.69) is 20.4 Å². The summed E-state index contributed by atoms with van der Waals surface area (Å²) in [5.41, 5.74) is 2.14. The minimum absolute atomic E-state index is 0.303. The lowest BCUT2D eigenvalue weighted by Crippen LogP contribution is -2.13. The number of fused-ring (bicyclic) bond motifs is 1. The number of allylic oxidation sites excluding steroid dienone is 1. The second kappa shape index (κ2) is 6.25. The van der Waals surface area contributed by atoms with Crippen molar-refractivity contribution in [1.82, 2.24) is 24.7 Å². The van der Waals surface area contributed by atoms with Crippen LogP contribution in [0.15, 0.2) is 57.8 Å². The van der Waals surface area contributed by atoms with Crippen molar-refractivity contribution >= 4 is 23.5 Å². The van der Waals surface area contributed by atoms with Gasteiger partial charge in [-0.05, 0) is 23.9 Å². The fraction of sp³-hybridized carbons (Fsp3) is 0.125. The van der Waals surface area contributed by atoms with Crippen LogP contribution in [0.3, 0.4) is 0 Å². The van der Waals surface area contributed by atoms with Gasteiger partial charge in [0.05, 0.1) is 5.69 Å². The van der Waals surface area contributed by atoms with E-state index in [1.54, 1.807) is 4.68 Å². The van der Waals surface area contributed by atoms with Crippen LogP contribution in [0.2, 0.25) is 0 Å². The first-order valence-corrected chi connectivity index (χ1v) is 8.21. The number of hydrogen-bond acceptors (Lipinski definition) is 5. The van der Waals surface area contributed by atoms with Gasteiger partial charge >= 0.3 is 0 Å². The molecule has 0 atom stereocenters. The predicted molar refractivity (Wildman–Crippen MR) is 90.4 cm³/mol. The number of hydrogen-bond donors (Lipinski definition) is 0. The summed E-state index contributed by atoms with van der Waals surface area (Å²) in [6, 6.07) is 11.2. The van der Waals surface area contributed by atoms with Gasteiger partial charge in [-0.15, -0.1) is 10.2 Å². The molecular formula is C16H12F2N6S. The van der Waals surface area contributed by atoms with E-state index in [0.717, 1.165) is 20.8 Å². The molecular weight excluding hydrogens is 346 g/mol. The highest BCUT2D eigenvalue weighted by Crippen LogP contribution is 2.36. The summed E-state index contributed by atoms with van der Waals surface area (Å²) >= 11 is 1.24. The Bertz CT molecular complexity index is 974. The molecule has 0 N–H and O–H groups in total. The Morgan fingerprint density at radius 1 is 1.12 bits per heavy atom. The molecule has 2 aromatic heterocycles. The summed E-state index contributed by atoms with van der Waals surface area (Å²) in [5, 5.41) is 16.4. The summed E-state index contributed by atoms with van der Waals surface area (Å²) in [4.78, 5) is 0.769. The molecule has 1 aliphatic heterocycles. The highest BCUT2D eigenvalue weighted by molar-refractivity contribution is 8.04. The third kappa shape index (κ3) is 2.98. The smallest absolute Gasteiger partial charge is 0.275 e. The van der Waals surface area contributed by atoms with E-state index in [0.29, 0.717) is 10.9 Å². The summed E-state index contributed by atoms with van der Waals surface area (Å²) in [7, 11) is 1.83. The number of halogens is 2. The van der Waals surface area contributed by atoms with Gasteiger partial charge in [-0.2, -0.15) is 14.9 Å². The van der Waals surface area contributed by atoms with Crippen molar-refractivity contribution in [1.29, 1.82) is 0 Å². The van der Waals surface area contributed by atoms with Gasteiger partial charge in [-0.3, -0.25) is 4.68 Å². The van der Waals surface area contributed by atoms with Gasteiger partial charge < -0.3 is 0 Å². The molecule has 25 heavy (non-hydrogen) atoms. The van der Waals surface area contributed by atoms with Crippen molar-refractivity contribution in [2.24, 2.45) is 12.1 Å². The molecule has 4 rings (SSSR count). The molecule has 0 radical (unpaired) electrons. The first kappa shape index (κ1) is 15.7. The van der Waals surface area contributed by atoms with E-state index in [9.17, 15) is 8.78 Å². The van der Waals surface area contributed by atoms with Gasteiger partial charge in [-0.25, -0.2) is 8.78 Å². The average molecular weight is 358 g/mol. The van der Waals surface area contributed by atoms with Crippen LogP contribution in [0.1, 0.15) is 23.5 Å². The number of benzene rings is 1. The first-order valence-electron chi connectivity index (χ1n) is 7.39. The zero-order valence-corrected chi connectivity index (χ0v) is 13.9. The third-order valence-corrected chi connectivity index (χ3v) is 4.49. The Morgan fingerprint density at radius 2 is 1.92 bits per heavy atom. The predicted octanol–water partition coefficient (Wildman–Crippen LogP) is 3.35. The summed E-state index contributed by atoms with van der Waals surface area (Å²) < 4.78 is 29.1. The van der Waals surface area contributed by atoms with E-state index in [4.69, 9.17) is 0 Å². The van der Waals surface area contributed by atoms with Crippen molar-refractivity contribution in [3.63, 3.8) is 0 Å². The van der Waals surface area contributed by atoms with Gasteiger partial charge in [0, 0.05) is 23.7 Å². The molecule has 0 spiro atoms. The fourth-order valence-corrected chi connectivity index (χ4v) is 3.34. The average Bonchev–Trinajstić information content (AvgIpc) is 3.20. The third-order valence-electron chi connectivity index (χ3n) is 3.53. The lowest BCUT2D eigenvalue weighted by atomic mass is 10.1. The van der Waals surface area contributed by atoms with Gasteiger partial charge in [-0.1, -0.05) is 30.3 Å². The van der Waals surface area contributed by atoms with Crippen LogP contribution in [0.4, 0.5) is 8.78 Å². The van der Waals surface area contributed by atoms with Crippen molar-refractivity contribution in [3.05, 3.63) is 64.6 Å². The number of aryl methyl sites for hydroxylation is 1. The monoisotopic (exact) mass is 358 g/mol. The quantitative estimate of drug-likeness (QED) is 0.720. The summed E-state index contributed by atoms with van der Waals surface area (Å²) in [6.45, 7) is 0. The largest absolute Gasteiger partial charge is 0.299 e. The zero-order chi connectivity index (χ0) is 17.4. The molecule has 126 valence electrons. The molecule has 0 fully saturated rings. The molecule has 3 aromatic rings. The van der Waals surface area contributed by atoms with Gasteiger partial charge in [0.15, 0.2) is 0 Å². The van der Waals surface area contributed by atoms with Crippen LogP contribution in [0.5, 0.6) is 0 Å². The standard InChI is InChI=1S/C16H12F2N6S/c1-23-8-7-11(21-23)9-12-13(10-5-3-2-4-6-10)22-24-15(14(17)18)19-20-16(24)25-12/h2-9,14H,1H3/b12-9+. The molecule has 6 nitrogen and oxygen atoms in total. The summed E-state index contributed by atoms with van der Waals surface area (Å²) in [6.07, 6.45) is 0.941. The molecule has 0 aliphatic carbocycles. The molecule has 3 heterocycles. The van der Waals surface area contributed by atoms with E-state index < -0.39 is 12.2 Å². The maximum Gasteiger partial charge on any atom is 0.299 e. The lowest BCUT2D eigenvalue weighted by Gasteiger charge is -2.16. The molecule has 0 bridgehead atoms. The van der Waals surface area contributed by atoms with Crippen molar-refractivity contribution < 1.29 is 8.78 Å². The van der Waals surface area contributed by atoms with Crippen LogP contribution < -0.4 is 0 Å². The van der Waals surface area contributed by atoms with Crippen LogP contribution in [-0.2, 0) is 7.05 Å². The minimum atomic E-state index is -2.75. The molecule has 0 amide bonds. The molecule has 1 aromatic carbocycles. The number of thioether (sulfide) groups is 1. The molecule has 0 saturated carbocycles. The number of rotatable bonds is 3. The second-order valence-electron chi connectivity index (χ2n) is 5.29. The Kier molecular flexibility index (Phi) is 3.92. The molecule has 9 heteroatoms. The molecule has 0 saturated heterocycles. The van der Waals surface area contributed by atoms with Crippen molar-refractivity contribution in [2.75, 3.05) is 0 Å². The van der Waals surface area contributed by atoms with Gasteiger partial charge in [0.25, 0.3) is 6.43 Å². The van der Waals surface area contributed by atoms with Gasteiger partial charge in [0.2, 0.25) is 11.0 Å². The maximum absolute atomic E-state index is 13.1. The van der Waals surface area contributed by atoms with Crippen LogP contribution in [0, 0.1) is 0 Å². The molecule has 0 unspecified atom stereocenters. The first-order chi connectivity index (χ1) is 12.1.